The summed E-state index contributed by atoms with van der Waals surface area (Å²) >= 11 is 1.63. The van der Waals surface area contributed by atoms with Gasteiger partial charge in [0, 0.05) is 50.8 Å². The van der Waals surface area contributed by atoms with Gasteiger partial charge in [-0.15, -0.1) is 17.8 Å². The SMILES string of the molecule is C#Cc1ccc2c(-c3cc4ccc3C(=O)CCCCCCN=CCO4)c(-c3ccc(O)cc3)sc2c1. The van der Waals surface area contributed by atoms with E-state index < -0.39 is 0 Å². The Balaban J connectivity index is 1.72. The van der Waals surface area contributed by atoms with Gasteiger partial charge >= 0.3 is 0 Å². The van der Waals surface area contributed by atoms with E-state index in [-0.39, 0.29) is 11.5 Å². The van der Waals surface area contributed by atoms with E-state index in [9.17, 15) is 9.90 Å². The van der Waals surface area contributed by atoms with Gasteiger partial charge in [-0.2, -0.15) is 0 Å². The first-order valence-electron chi connectivity index (χ1n) is 12.3. The number of aliphatic imine (C=N–C) groups is 1. The number of rotatable bonds is 2. The van der Waals surface area contributed by atoms with Crippen LogP contribution in [-0.4, -0.2) is 30.3 Å². The molecule has 0 spiro atoms. The summed E-state index contributed by atoms with van der Waals surface area (Å²) in [5.41, 5.74) is 4.31. The van der Waals surface area contributed by atoms with E-state index in [1.54, 1.807) is 23.5 Å². The molecule has 4 aromatic rings. The Labute approximate surface area is 215 Å². The molecule has 2 bridgehead atoms. The summed E-state index contributed by atoms with van der Waals surface area (Å²) in [6.07, 6.45) is 12.0. The number of hydrogen-bond donors (Lipinski definition) is 1. The normalized spacial score (nSPS) is 14.7. The molecule has 0 saturated heterocycles. The zero-order valence-corrected chi connectivity index (χ0v) is 20.8. The van der Waals surface area contributed by atoms with Crippen LogP contribution in [0.5, 0.6) is 11.5 Å². The highest BCUT2D eigenvalue weighted by Crippen LogP contribution is 2.47. The number of phenolic OH excluding ortho intramolecular Hbond substituents is 1. The molecular weight excluding hydrogens is 466 g/mol. The van der Waals surface area contributed by atoms with Gasteiger partial charge in [-0.1, -0.05) is 24.8 Å². The fraction of sp³-hybridized carbons (Fsp3) is 0.226. The Morgan fingerprint density at radius 3 is 2.61 bits per heavy atom. The van der Waals surface area contributed by atoms with E-state index in [1.165, 1.54) is 0 Å². The second kappa shape index (κ2) is 10.8. The minimum absolute atomic E-state index is 0.138. The number of nitrogens with zero attached hydrogens (tertiary/aromatic N) is 1. The van der Waals surface area contributed by atoms with Gasteiger partial charge in [0.2, 0.25) is 0 Å². The van der Waals surface area contributed by atoms with E-state index in [2.05, 4.69) is 10.9 Å². The number of aromatic hydroxyl groups is 1. The van der Waals surface area contributed by atoms with Crippen molar-refractivity contribution in [1.29, 1.82) is 0 Å². The summed E-state index contributed by atoms with van der Waals surface area (Å²) < 4.78 is 7.05. The topological polar surface area (TPSA) is 58.9 Å². The summed E-state index contributed by atoms with van der Waals surface area (Å²) in [6, 6.07) is 18.9. The number of benzene rings is 3. The van der Waals surface area contributed by atoms with Crippen LogP contribution in [0.2, 0.25) is 0 Å². The van der Waals surface area contributed by atoms with Crippen LogP contribution in [-0.2, 0) is 0 Å². The molecule has 0 saturated carbocycles. The van der Waals surface area contributed by atoms with Crippen LogP contribution in [0.1, 0.15) is 48.0 Å². The monoisotopic (exact) mass is 493 g/mol. The van der Waals surface area contributed by atoms with Gasteiger partial charge in [0.1, 0.15) is 18.1 Å². The maximum atomic E-state index is 13.5. The molecule has 0 unspecified atom stereocenters. The molecule has 3 heterocycles. The zero-order valence-electron chi connectivity index (χ0n) is 20.0. The number of ketones is 1. The lowest BCUT2D eigenvalue weighted by Crippen LogP contribution is -2.04. The van der Waals surface area contributed by atoms with E-state index in [0.29, 0.717) is 24.3 Å². The summed E-state index contributed by atoms with van der Waals surface area (Å²) in [7, 11) is 0. The molecule has 5 heteroatoms. The van der Waals surface area contributed by atoms with Crippen LogP contribution < -0.4 is 4.74 Å². The van der Waals surface area contributed by atoms with Crippen LogP contribution in [0.25, 0.3) is 31.7 Å². The molecule has 1 aromatic heterocycles. The third kappa shape index (κ3) is 5.05. The van der Waals surface area contributed by atoms with Gasteiger partial charge in [-0.05, 0) is 78.6 Å². The van der Waals surface area contributed by atoms with Crippen LogP contribution in [0.4, 0.5) is 0 Å². The lowest BCUT2D eigenvalue weighted by Gasteiger charge is -2.14. The third-order valence-electron chi connectivity index (χ3n) is 6.44. The van der Waals surface area contributed by atoms with Crippen molar-refractivity contribution in [3.8, 4) is 45.4 Å². The Morgan fingerprint density at radius 2 is 1.78 bits per heavy atom. The zero-order chi connectivity index (χ0) is 24.9. The number of carbonyl (C=O) groups is 1. The Bertz CT molecular complexity index is 1470. The highest BCUT2D eigenvalue weighted by atomic mass is 32.1. The third-order valence-corrected chi connectivity index (χ3v) is 7.64. The fourth-order valence-corrected chi connectivity index (χ4v) is 5.85. The molecule has 4 nitrogen and oxygen atoms in total. The van der Waals surface area contributed by atoms with Crippen molar-refractivity contribution in [3.05, 3.63) is 71.8 Å². The van der Waals surface area contributed by atoms with E-state index >= 15 is 0 Å². The molecule has 1 N–H and O–H groups in total. The molecule has 2 aliphatic heterocycles. The van der Waals surface area contributed by atoms with Crippen LogP contribution in [0, 0.1) is 12.3 Å². The standard InChI is InChI=1S/C31H27NO3S/c1-2-21-8-14-26-29(19-21)36-31(22-9-11-23(33)12-10-22)30(26)27-20-24-13-15-25(27)28(34)7-5-3-4-6-16-32-17-18-35-24/h1,8-15,17,19-20,33H,3-7,16,18H2. The smallest absolute Gasteiger partial charge is 0.163 e. The molecule has 0 radical (unpaired) electrons. The van der Waals surface area contributed by atoms with Crippen molar-refractivity contribution in [2.24, 2.45) is 4.99 Å². The van der Waals surface area contributed by atoms with Crippen LogP contribution in [0.3, 0.4) is 0 Å². The first-order chi connectivity index (χ1) is 17.6. The lowest BCUT2D eigenvalue weighted by molar-refractivity contribution is 0.0979. The number of carbonyl (C=O) groups excluding carboxylic acids is 1. The second-order valence-corrected chi connectivity index (χ2v) is 9.96. The summed E-state index contributed by atoms with van der Waals surface area (Å²) in [4.78, 5) is 19.0. The quantitative estimate of drug-likeness (QED) is 0.294. The lowest BCUT2D eigenvalue weighted by atomic mass is 9.91. The summed E-state index contributed by atoms with van der Waals surface area (Å²) in [6.45, 7) is 1.17. The largest absolute Gasteiger partial charge is 0.508 e. The number of ether oxygens (including phenoxy) is 1. The Morgan fingerprint density at radius 1 is 0.944 bits per heavy atom. The Hall–Kier alpha value is -3.88. The molecule has 6 rings (SSSR count). The number of fused-ring (bicyclic) bond motifs is 12. The molecular formula is C31H27NO3S. The van der Waals surface area contributed by atoms with Crippen LogP contribution >= 0.6 is 11.3 Å². The van der Waals surface area contributed by atoms with Gasteiger partial charge < -0.3 is 9.84 Å². The van der Waals surface area contributed by atoms with E-state index in [4.69, 9.17) is 11.2 Å². The van der Waals surface area contributed by atoms with Crippen molar-refractivity contribution >= 4 is 33.4 Å². The molecule has 2 aliphatic rings. The molecule has 0 amide bonds. The number of thiophene rings is 1. The second-order valence-electron chi connectivity index (χ2n) is 8.90. The van der Waals surface area contributed by atoms with Crippen molar-refractivity contribution in [2.45, 2.75) is 32.1 Å². The fourth-order valence-electron chi connectivity index (χ4n) is 4.59. The maximum absolute atomic E-state index is 13.5. The first kappa shape index (κ1) is 23.8. The minimum Gasteiger partial charge on any atom is -0.508 e. The van der Waals surface area contributed by atoms with Crippen molar-refractivity contribution < 1.29 is 14.6 Å². The van der Waals surface area contributed by atoms with Gasteiger partial charge in [0.15, 0.2) is 5.78 Å². The Kier molecular flexibility index (Phi) is 7.16. The van der Waals surface area contributed by atoms with Crippen LogP contribution in [0.15, 0.2) is 65.7 Å². The molecule has 0 atom stereocenters. The maximum Gasteiger partial charge on any atom is 0.163 e. The number of hydrogen-bond acceptors (Lipinski definition) is 5. The van der Waals surface area contributed by atoms with Gasteiger partial charge in [0.25, 0.3) is 0 Å². The molecule has 3 aromatic carbocycles. The number of phenols is 1. The minimum atomic E-state index is 0.138. The summed E-state index contributed by atoms with van der Waals surface area (Å²) in [5, 5.41) is 10.9. The van der Waals surface area contributed by atoms with E-state index in [0.717, 1.165) is 69.4 Å². The number of Topliss-reactive ketones (excluding diaryl/α,β-unsaturated/α-hetero) is 1. The van der Waals surface area contributed by atoms with Crippen molar-refractivity contribution in [2.75, 3.05) is 13.2 Å². The van der Waals surface area contributed by atoms with Gasteiger partial charge in [-0.25, -0.2) is 0 Å². The van der Waals surface area contributed by atoms with Crippen molar-refractivity contribution in [3.63, 3.8) is 0 Å². The van der Waals surface area contributed by atoms with Crippen molar-refractivity contribution in [1.82, 2.24) is 0 Å². The highest BCUT2D eigenvalue weighted by Gasteiger charge is 2.22. The highest BCUT2D eigenvalue weighted by molar-refractivity contribution is 7.23. The van der Waals surface area contributed by atoms with E-state index in [1.807, 2.05) is 54.7 Å². The molecule has 36 heavy (non-hydrogen) atoms. The summed E-state index contributed by atoms with van der Waals surface area (Å²) in [5.74, 6) is 3.76. The number of terminal acetylenes is 1. The first-order valence-corrected chi connectivity index (χ1v) is 13.1. The molecule has 0 fully saturated rings. The average Bonchev–Trinajstić information content (AvgIpc) is 3.27. The molecule has 0 aliphatic carbocycles. The predicted molar refractivity (Wildman–Crippen MR) is 149 cm³/mol. The average molecular weight is 494 g/mol. The molecule has 180 valence electrons. The predicted octanol–water partition coefficient (Wildman–Crippen LogP) is 7.52. The van der Waals surface area contributed by atoms with Gasteiger partial charge in [0.05, 0.1) is 0 Å². The van der Waals surface area contributed by atoms with Gasteiger partial charge in [-0.3, -0.25) is 9.79 Å².